The van der Waals surface area contributed by atoms with Crippen LogP contribution in [0.15, 0.2) is 77.1 Å². The van der Waals surface area contributed by atoms with Crippen LogP contribution in [-0.2, 0) is 14.1 Å². The maximum atomic E-state index is 11.9. The van der Waals surface area contributed by atoms with Gasteiger partial charge in [-0.15, -0.1) is 0 Å². The predicted octanol–water partition coefficient (Wildman–Crippen LogP) is 2.84. The fourth-order valence-electron chi connectivity index (χ4n) is 3.27. The Morgan fingerprint density at radius 3 is 2.15 bits per heavy atom. The molecule has 0 aliphatic rings. The van der Waals surface area contributed by atoms with E-state index in [2.05, 4.69) is 30.2 Å². The first kappa shape index (κ1) is 28.6. The highest BCUT2D eigenvalue weighted by molar-refractivity contribution is 6.03. The monoisotopic (exact) mass is 529 g/mol. The van der Waals surface area contributed by atoms with Crippen LogP contribution in [0.4, 0.5) is 5.82 Å². The summed E-state index contributed by atoms with van der Waals surface area (Å²) in [5.74, 6) is -0.0226. The van der Waals surface area contributed by atoms with Crippen LogP contribution >= 0.6 is 0 Å². The van der Waals surface area contributed by atoms with Crippen LogP contribution < -0.4 is 16.7 Å². The lowest BCUT2D eigenvalue weighted by molar-refractivity contribution is 0.102. The van der Waals surface area contributed by atoms with Crippen LogP contribution in [0.2, 0.25) is 0 Å². The zero-order valence-electron chi connectivity index (χ0n) is 22.7. The highest BCUT2D eigenvalue weighted by Crippen LogP contribution is 2.09. The van der Waals surface area contributed by atoms with Gasteiger partial charge in [-0.2, -0.15) is 9.97 Å². The first-order chi connectivity index (χ1) is 18.6. The molecule has 1 N–H and O–H groups in total. The first-order valence-electron chi connectivity index (χ1n) is 12.1. The Labute approximate surface area is 225 Å². The smallest absolute Gasteiger partial charge is 0.318 e. The summed E-state index contributed by atoms with van der Waals surface area (Å²) in [5, 5.41) is 2.60. The average molecular weight is 530 g/mol. The van der Waals surface area contributed by atoms with Crippen molar-refractivity contribution in [2.75, 3.05) is 5.32 Å². The number of aryl methyl sites for hydroxylation is 4. The number of imidazole rings is 1. The number of aromatic nitrogens is 8. The van der Waals surface area contributed by atoms with Gasteiger partial charge >= 0.3 is 11.4 Å². The topological polar surface area (TPSA) is 142 Å². The van der Waals surface area contributed by atoms with Crippen molar-refractivity contribution in [2.45, 2.75) is 33.7 Å². The first-order valence-corrected chi connectivity index (χ1v) is 12.1. The van der Waals surface area contributed by atoms with Gasteiger partial charge in [0.15, 0.2) is 5.65 Å². The maximum Gasteiger partial charge on any atom is 0.349 e. The van der Waals surface area contributed by atoms with Crippen molar-refractivity contribution in [1.29, 1.82) is 0 Å². The molecule has 5 rings (SSSR count). The number of hydrogen-bond donors (Lipinski definition) is 1. The Morgan fingerprint density at radius 1 is 0.846 bits per heavy atom. The van der Waals surface area contributed by atoms with Crippen LogP contribution in [0.1, 0.15) is 41.6 Å². The minimum absolute atomic E-state index is 0.0406. The Bertz CT molecular complexity index is 1670. The highest BCUT2D eigenvalue weighted by atomic mass is 16.2. The van der Waals surface area contributed by atoms with Crippen molar-refractivity contribution in [3.63, 3.8) is 0 Å². The molecule has 4 heterocycles. The summed E-state index contributed by atoms with van der Waals surface area (Å²) >= 11 is 0. The molecule has 0 saturated carbocycles. The Balaban J connectivity index is 0.000000177. The molecule has 5 aromatic rings. The van der Waals surface area contributed by atoms with Gasteiger partial charge in [-0.1, -0.05) is 18.2 Å². The molecule has 0 saturated heterocycles. The van der Waals surface area contributed by atoms with Crippen molar-refractivity contribution >= 4 is 22.9 Å². The molecule has 0 bridgehead atoms. The molecule has 0 unspecified atom stereocenters. The lowest BCUT2D eigenvalue weighted by atomic mass is 10.2. The van der Waals surface area contributed by atoms with Crippen LogP contribution in [0, 0.1) is 13.8 Å². The van der Waals surface area contributed by atoms with E-state index in [1.807, 2.05) is 38.5 Å². The van der Waals surface area contributed by atoms with E-state index in [0.29, 0.717) is 5.56 Å². The molecule has 1 aromatic carbocycles. The summed E-state index contributed by atoms with van der Waals surface area (Å²) in [6.07, 6.45) is 6.62. The molecule has 1 amide bonds. The van der Waals surface area contributed by atoms with Crippen LogP contribution in [0.3, 0.4) is 0 Å². The third kappa shape index (κ3) is 7.74. The Morgan fingerprint density at radius 2 is 1.56 bits per heavy atom. The number of nitrogens with zero attached hydrogens (tertiary/aromatic N) is 8. The van der Waals surface area contributed by atoms with E-state index in [0.717, 1.165) is 22.6 Å². The summed E-state index contributed by atoms with van der Waals surface area (Å²) in [4.78, 5) is 54.1. The normalized spacial score (nSPS) is 10.3. The molecule has 4 aromatic heterocycles. The summed E-state index contributed by atoms with van der Waals surface area (Å²) < 4.78 is 4.81. The molecule has 12 heteroatoms. The van der Waals surface area contributed by atoms with Gasteiger partial charge in [0.1, 0.15) is 17.7 Å². The molecule has 202 valence electrons. The van der Waals surface area contributed by atoms with Gasteiger partial charge in [0.2, 0.25) is 0 Å². The maximum absolute atomic E-state index is 11.9. The number of carbonyl (C=O) groups excluding carboxylic acids is 1. The van der Waals surface area contributed by atoms with Crippen molar-refractivity contribution in [3.8, 4) is 0 Å². The van der Waals surface area contributed by atoms with Crippen LogP contribution in [0.25, 0.3) is 11.2 Å². The van der Waals surface area contributed by atoms with Gasteiger partial charge in [0.25, 0.3) is 5.91 Å². The number of anilines is 1. The van der Waals surface area contributed by atoms with E-state index < -0.39 is 0 Å². The molecule has 0 aliphatic carbocycles. The summed E-state index contributed by atoms with van der Waals surface area (Å²) in [6.45, 7) is 7.51. The molecule has 39 heavy (non-hydrogen) atoms. The average Bonchev–Trinajstić information content (AvgIpc) is 3.29. The van der Waals surface area contributed by atoms with E-state index in [1.54, 1.807) is 75.4 Å². The van der Waals surface area contributed by atoms with E-state index in [9.17, 15) is 14.4 Å². The zero-order valence-corrected chi connectivity index (χ0v) is 22.7. The van der Waals surface area contributed by atoms with Gasteiger partial charge in [0.05, 0.1) is 12.0 Å². The second-order valence-corrected chi connectivity index (χ2v) is 8.87. The largest absolute Gasteiger partial charge is 0.349 e. The fraction of sp³-hybridized carbons (Fsp3) is 0.259. The summed E-state index contributed by atoms with van der Waals surface area (Å²) in [6, 6.07) is 12.2. The van der Waals surface area contributed by atoms with E-state index >= 15 is 0 Å². The number of fused-ring (bicyclic) bond motifs is 1. The standard InChI is InChI=1S/C14H15N3O2.C7H8N4.C6H8N2O/c1-10(2)17-9-8-12(16-14(17)19)15-13(18)11-6-4-3-5-7-11;1-5-6-7(9-3-8-5)11(2)4-10-6;1-5-3-4-8(2)6(9)7-5/h3-10H,1-2H3,(H,15,16,18,19);3-4H,1-2H3;3-4H,1-2H3. The third-order valence-electron chi connectivity index (χ3n) is 5.46. The zero-order chi connectivity index (χ0) is 28.5. The van der Waals surface area contributed by atoms with Crippen molar-refractivity contribution in [1.82, 2.24) is 38.6 Å². The Hall–Kier alpha value is -5.00. The molecule has 0 fully saturated rings. The van der Waals surface area contributed by atoms with Gasteiger partial charge in [-0.05, 0) is 52.0 Å². The van der Waals surface area contributed by atoms with Crippen LogP contribution in [-0.4, -0.2) is 44.5 Å². The highest BCUT2D eigenvalue weighted by Gasteiger charge is 2.08. The summed E-state index contributed by atoms with van der Waals surface area (Å²) in [5.41, 5.74) is 3.41. The van der Waals surface area contributed by atoms with Crippen molar-refractivity contribution < 1.29 is 4.79 Å². The number of nitrogens with one attached hydrogen (secondary N) is 1. The van der Waals surface area contributed by atoms with E-state index in [1.165, 1.54) is 9.13 Å². The minimum atomic E-state index is -0.374. The van der Waals surface area contributed by atoms with Crippen molar-refractivity contribution in [2.24, 2.45) is 14.1 Å². The molecule has 12 nitrogen and oxygen atoms in total. The van der Waals surface area contributed by atoms with E-state index in [4.69, 9.17) is 0 Å². The molecular weight excluding hydrogens is 498 g/mol. The third-order valence-corrected chi connectivity index (χ3v) is 5.46. The minimum Gasteiger partial charge on any atom is -0.318 e. The van der Waals surface area contributed by atoms with Gasteiger partial charge < -0.3 is 14.5 Å². The number of amides is 1. The van der Waals surface area contributed by atoms with Gasteiger partial charge in [0, 0.05) is 43.8 Å². The van der Waals surface area contributed by atoms with Crippen molar-refractivity contribution in [3.05, 3.63) is 105 Å². The number of rotatable bonds is 3. The Kier molecular flexibility index (Phi) is 9.52. The molecule has 0 radical (unpaired) electrons. The van der Waals surface area contributed by atoms with Gasteiger partial charge in [-0.25, -0.2) is 24.5 Å². The second kappa shape index (κ2) is 13.0. The predicted molar refractivity (Wildman–Crippen MR) is 149 cm³/mol. The molecule has 0 spiro atoms. The molecule has 0 atom stereocenters. The summed E-state index contributed by atoms with van der Waals surface area (Å²) in [7, 11) is 3.59. The number of carbonyl (C=O) groups is 1. The number of hydrogen-bond acceptors (Lipinski definition) is 8. The quantitative estimate of drug-likeness (QED) is 0.376. The number of benzene rings is 1. The molecular formula is C27H31N9O3. The lowest BCUT2D eigenvalue weighted by Gasteiger charge is -2.09. The lowest BCUT2D eigenvalue weighted by Crippen LogP contribution is -2.25. The second-order valence-electron chi connectivity index (χ2n) is 8.87. The fourth-order valence-corrected chi connectivity index (χ4v) is 3.27. The van der Waals surface area contributed by atoms with Crippen LogP contribution in [0.5, 0.6) is 0 Å². The molecule has 0 aliphatic heterocycles. The SMILES string of the molecule is CC(C)n1ccc(NC(=O)c2ccccc2)nc1=O.Cc1ccn(C)c(=O)n1.Cc1ncnc2c1ncn2C. The van der Waals surface area contributed by atoms with Gasteiger partial charge in [-0.3, -0.25) is 9.36 Å². The van der Waals surface area contributed by atoms with E-state index in [-0.39, 0.29) is 29.1 Å².